The fourth-order valence-electron chi connectivity index (χ4n) is 3.11. The van der Waals surface area contributed by atoms with Crippen molar-refractivity contribution in [3.05, 3.63) is 52.3 Å². The number of amides is 1. The van der Waals surface area contributed by atoms with E-state index < -0.39 is 0 Å². The zero-order valence-electron chi connectivity index (χ0n) is 13.9. The first-order valence-corrected chi connectivity index (χ1v) is 9.15. The lowest BCUT2D eigenvalue weighted by Gasteiger charge is -2.33. The summed E-state index contributed by atoms with van der Waals surface area (Å²) in [4.78, 5) is 25.3. The summed E-state index contributed by atoms with van der Waals surface area (Å²) in [5.74, 6) is 1.05. The van der Waals surface area contributed by atoms with E-state index in [0.717, 1.165) is 34.6 Å². The number of hydrogen-bond acceptors (Lipinski definition) is 6. The first kappa shape index (κ1) is 16.0. The third kappa shape index (κ3) is 3.19. The van der Waals surface area contributed by atoms with E-state index in [4.69, 9.17) is 4.52 Å². The Balaban J connectivity index is 1.61. The highest BCUT2D eigenvalue weighted by molar-refractivity contribution is 7.13. The third-order valence-electron chi connectivity index (χ3n) is 4.36. The molecule has 1 amide bonds. The molecule has 1 fully saturated rings. The van der Waals surface area contributed by atoms with Crippen LogP contribution in [0.25, 0.3) is 11.4 Å². The molecule has 1 saturated heterocycles. The van der Waals surface area contributed by atoms with Crippen LogP contribution >= 0.6 is 11.3 Å². The van der Waals surface area contributed by atoms with Gasteiger partial charge in [0, 0.05) is 29.4 Å². The number of rotatable bonds is 3. The molecule has 6 nitrogen and oxygen atoms in total. The molecule has 1 aliphatic rings. The normalized spacial score (nSPS) is 17.6. The van der Waals surface area contributed by atoms with Gasteiger partial charge in [-0.1, -0.05) is 5.16 Å². The summed E-state index contributed by atoms with van der Waals surface area (Å²) >= 11 is 1.52. The van der Waals surface area contributed by atoms with Crippen molar-refractivity contribution in [3.8, 4) is 11.4 Å². The molecule has 25 heavy (non-hydrogen) atoms. The highest BCUT2D eigenvalue weighted by Gasteiger charge is 2.33. The quantitative estimate of drug-likeness (QED) is 0.714. The van der Waals surface area contributed by atoms with E-state index in [-0.39, 0.29) is 11.9 Å². The number of aryl methyl sites for hydroxylation is 1. The molecular formula is C18H18N4O2S. The van der Waals surface area contributed by atoms with Gasteiger partial charge in [0.05, 0.1) is 4.88 Å². The number of likely N-dealkylation sites (tertiary alicyclic amines) is 1. The van der Waals surface area contributed by atoms with Gasteiger partial charge in [-0.15, -0.1) is 11.3 Å². The number of nitrogens with zero attached hydrogens (tertiary/aromatic N) is 4. The lowest BCUT2D eigenvalue weighted by atomic mass is 10.0. The monoisotopic (exact) mass is 354 g/mol. The molecule has 0 aromatic carbocycles. The molecule has 0 spiro atoms. The SMILES string of the molecule is Cc1ccc(C(=O)N2CCCCC2c2nc(-c3cccnc3)no2)s1. The summed E-state index contributed by atoms with van der Waals surface area (Å²) in [5.41, 5.74) is 0.806. The van der Waals surface area contributed by atoms with Crippen LogP contribution in [0.15, 0.2) is 41.2 Å². The van der Waals surface area contributed by atoms with Gasteiger partial charge in [-0.05, 0) is 50.5 Å². The molecule has 3 aromatic heterocycles. The van der Waals surface area contributed by atoms with E-state index >= 15 is 0 Å². The summed E-state index contributed by atoms with van der Waals surface area (Å²) in [7, 11) is 0. The minimum Gasteiger partial charge on any atom is -0.337 e. The Morgan fingerprint density at radius 3 is 3.00 bits per heavy atom. The van der Waals surface area contributed by atoms with Gasteiger partial charge in [-0.2, -0.15) is 4.98 Å². The smallest absolute Gasteiger partial charge is 0.264 e. The molecule has 0 bridgehead atoms. The lowest BCUT2D eigenvalue weighted by Crippen LogP contribution is -2.38. The Bertz CT molecular complexity index is 874. The summed E-state index contributed by atoms with van der Waals surface area (Å²) in [6.07, 6.45) is 6.28. The van der Waals surface area contributed by atoms with Gasteiger partial charge in [0.15, 0.2) is 0 Å². The van der Waals surface area contributed by atoms with Gasteiger partial charge in [0.1, 0.15) is 6.04 Å². The number of carbonyl (C=O) groups excluding carboxylic acids is 1. The van der Waals surface area contributed by atoms with E-state index in [0.29, 0.717) is 18.3 Å². The average molecular weight is 354 g/mol. The molecule has 1 aliphatic heterocycles. The van der Waals surface area contributed by atoms with E-state index in [1.165, 1.54) is 11.3 Å². The molecule has 7 heteroatoms. The van der Waals surface area contributed by atoms with Crippen LogP contribution in [0.2, 0.25) is 0 Å². The minimum absolute atomic E-state index is 0.0453. The van der Waals surface area contributed by atoms with Crippen molar-refractivity contribution in [1.82, 2.24) is 20.0 Å². The zero-order chi connectivity index (χ0) is 17.2. The molecule has 0 radical (unpaired) electrons. The van der Waals surface area contributed by atoms with Crippen molar-refractivity contribution >= 4 is 17.2 Å². The van der Waals surface area contributed by atoms with Gasteiger partial charge in [0.2, 0.25) is 11.7 Å². The topological polar surface area (TPSA) is 72.1 Å². The van der Waals surface area contributed by atoms with Gasteiger partial charge in [-0.3, -0.25) is 9.78 Å². The van der Waals surface area contributed by atoms with Crippen LogP contribution in [0.4, 0.5) is 0 Å². The second kappa shape index (κ2) is 6.76. The van der Waals surface area contributed by atoms with Gasteiger partial charge < -0.3 is 9.42 Å². The van der Waals surface area contributed by atoms with Crippen molar-refractivity contribution in [2.75, 3.05) is 6.54 Å². The highest BCUT2D eigenvalue weighted by atomic mass is 32.1. The van der Waals surface area contributed by atoms with Crippen LogP contribution in [-0.4, -0.2) is 32.5 Å². The highest BCUT2D eigenvalue weighted by Crippen LogP contribution is 2.33. The average Bonchev–Trinajstić information content (AvgIpc) is 3.31. The number of piperidine rings is 1. The molecule has 4 heterocycles. The number of pyridine rings is 1. The number of thiophene rings is 1. The van der Waals surface area contributed by atoms with E-state index in [1.54, 1.807) is 12.4 Å². The van der Waals surface area contributed by atoms with Crippen molar-refractivity contribution in [2.45, 2.75) is 32.2 Å². The first-order valence-electron chi connectivity index (χ1n) is 8.34. The van der Waals surface area contributed by atoms with E-state index in [1.807, 2.05) is 36.1 Å². The third-order valence-corrected chi connectivity index (χ3v) is 5.35. The van der Waals surface area contributed by atoms with Crippen molar-refractivity contribution in [1.29, 1.82) is 0 Å². The number of hydrogen-bond donors (Lipinski definition) is 0. The summed E-state index contributed by atoms with van der Waals surface area (Å²) in [5, 5.41) is 4.07. The fourth-order valence-corrected chi connectivity index (χ4v) is 3.93. The van der Waals surface area contributed by atoms with Crippen LogP contribution in [0.5, 0.6) is 0 Å². The van der Waals surface area contributed by atoms with Crippen molar-refractivity contribution in [3.63, 3.8) is 0 Å². The largest absolute Gasteiger partial charge is 0.337 e. The van der Waals surface area contributed by atoms with Crippen molar-refractivity contribution in [2.24, 2.45) is 0 Å². The maximum absolute atomic E-state index is 12.9. The Kier molecular flexibility index (Phi) is 4.31. The second-order valence-electron chi connectivity index (χ2n) is 6.12. The van der Waals surface area contributed by atoms with Crippen LogP contribution in [0.3, 0.4) is 0 Å². The van der Waals surface area contributed by atoms with E-state index in [9.17, 15) is 4.79 Å². The molecule has 0 aliphatic carbocycles. The second-order valence-corrected chi connectivity index (χ2v) is 7.41. The standard InChI is InChI=1S/C18H18N4O2S/c1-12-7-8-15(25-12)18(23)22-10-3-2-6-14(22)17-20-16(21-24-17)13-5-4-9-19-11-13/h4-5,7-9,11,14H,2-3,6,10H2,1H3. The fraction of sp³-hybridized carbons (Fsp3) is 0.333. The predicted octanol–water partition coefficient (Wildman–Crippen LogP) is 3.87. The van der Waals surface area contributed by atoms with Gasteiger partial charge in [0.25, 0.3) is 5.91 Å². The predicted molar refractivity (Wildman–Crippen MR) is 94.2 cm³/mol. The van der Waals surface area contributed by atoms with Crippen molar-refractivity contribution < 1.29 is 9.32 Å². The van der Waals surface area contributed by atoms with Crippen LogP contribution in [-0.2, 0) is 0 Å². The maximum Gasteiger partial charge on any atom is 0.264 e. The minimum atomic E-state index is -0.165. The number of aromatic nitrogens is 3. The molecular weight excluding hydrogens is 336 g/mol. The summed E-state index contributed by atoms with van der Waals surface area (Å²) in [6.45, 7) is 2.72. The molecule has 3 aromatic rings. The van der Waals surface area contributed by atoms with Crippen LogP contribution < -0.4 is 0 Å². The molecule has 0 N–H and O–H groups in total. The first-order chi connectivity index (χ1) is 12.2. The Labute approximate surface area is 149 Å². The Morgan fingerprint density at radius 1 is 1.32 bits per heavy atom. The Hall–Kier alpha value is -2.54. The molecule has 1 unspecified atom stereocenters. The number of carbonyl (C=O) groups is 1. The molecule has 128 valence electrons. The zero-order valence-corrected chi connectivity index (χ0v) is 14.7. The molecule has 4 rings (SSSR count). The summed E-state index contributed by atoms with van der Waals surface area (Å²) in [6, 6.07) is 7.43. The Morgan fingerprint density at radius 2 is 2.24 bits per heavy atom. The van der Waals surface area contributed by atoms with Crippen LogP contribution in [0.1, 0.15) is 45.7 Å². The molecule has 1 atom stereocenters. The lowest BCUT2D eigenvalue weighted by molar-refractivity contribution is 0.0566. The summed E-state index contributed by atoms with van der Waals surface area (Å²) < 4.78 is 5.50. The van der Waals surface area contributed by atoms with Gasteiger partial charge >= 0.3 is 0 Å². The van der Waals surface area contributed by atoms with Gasteiger partial charge in [-0.25, -0.2) is 0 Å². The van der Waals surface area contributed by atoms with Crippen LogP contribution in [0, 0.1) is 6.92 Å². The van der Waals surface area contributed by atoms with E-state index in [2.05, 4.69) is 15.1 Å². The maximum atomic E-state index is 12.9. The molecule has 0 saturated carbocycles.